The third-order valence-corrected chi connectivity index (χ3v) is 5.52. The van der Waals surface area contributed by atoms with E-state index < -0.39 is 0 Å². The van der Waals surface area contributed by atoms with Crippen LogP contribution < -0.4 is 0 Å². The quantitative estimate of drug-likeness (QED) is 0.710. The first-order valence-electron chi connectivity index (χ1n) is 9.05. The molecule has 136 valence electrons. The summed E-state index contributed by atoms with van der Waals surface area (Å²) in [7, 11) is 4.46. The molecule has 0 saturated heterocycles. The maximum Gasteiger partial charge on any atom is 0.0720 e. The largest absolute Gasteiger partial charge is 0.374 e. The Kier molecular flexibility index (Phi) is 7.49. The van der Waals surface area contributed by atoms with Crippen molar-refractivity contribution in [3.05, 3.63) is 71.8 Å². The zero-order valence-corrected chi connectivity index (χ0v) is 16.2. The summed E-state index contributed by atoms with van der Waals surface area (Å²) in [6.45, 7) is 0.735. The van der Waals surface area contributed by atoms with E-state index in [1.807, 2.05) is 0 Å². The van der Waals surface area contributed by atoms with Crippen LogP contribution in [0, 0.1) is 0 Å². The van der Waals surface area contributed by atoms with Gasteiger partial charge in [0, 0.05) is 5.54 Å². The molecule has 1 aliphatic rings. The first-order chi connectivity index (χ1) is 11.7. The summed E-state index contributed by atoms with van der Waals surface area (Å²) < 4.78 is 6.17. The minimum Gasteiger partial charge on any atom is -0.374 e. The number of benzene rings is 2. The second-order valence-corrected chi connectivity index (χ2v) is 7.28. The summed E-state index contributed by atoms with van der Waals surface area (Å²) in [5, 5.41) is 0. The molecule has 0 N–H and O–H groups in total. The fourth-order valence-corrected chi connectivity index (χ4v) is 3.84. The Morgan fingerprint density at radius 1 is 0.880 bits per heavy atom. The van der Waals surface area contributed by atoms with Gasteiger partial charge in [-0.1, -0.05) is 60.7 Å². The molecule has 0 amide bonds. The Balaban J connectivity index is 0.00000225. The molecule has 0 spiro atoms. The lowest BCUT2D eigenvalue weighted by atomic mass is 9.75. The van der Waals surface area contributed by atoms with E-state index >= 15 is 0 Å². The molecule has 25 heavy (non-hydrogen) atoms. The number of likely N-dealkylation sites (N-methyl/N-ethyl adjacent to an activating group) is 1. The van der Waals surface area contributed by atoms with Crippen molar-refractivity contribution in [1.29, 1.82) is 0 Å². The molecule has 3 heteroatoms. The minimum atomic E-state index is 0. The van der Waals surface area contributed by atoms with E-state index in [9.17, 15) is 0 Å². The van der Waals surface area contributed by atoms with Gasteiger partial charge >= 0.3 is 0 Å². The third-order valence-electron chi connectivity index (χ3n) is 5.52. The second kappa shape index (κ2) is 9.38. The van der Waals surface area contributed by atoms with Crippen LogP contribution in [0.4, 0.5) is 0 Å². The summed E-state index contributed by atoms with van der Waals surface area (Å²) in [6, 6.07) is 21.4. The molecule has 0 aliphatic heterocycles. The molecule has 0 aromatic heterocycles. The fraction of sp³-hybridized carbons (Fsp3) is 0.455. The van der Waals surface area contributed by atoms with Gasteiger partial charge in [0.15, 0.2) is 0 Å². The second-order valence-electron chi connectivity index (χ2n) is 7.28. The van der Waals surface area contributed by atoms with E-state index in [2.05, 4.69) is 79.7 Å². The maximum atomic E-state index is 6.17. The van der Waals surface area contributed by atoms with Gasteiger partial charge in [-0.15, -0.1) is 12.4 Å². The van der Waals surface area contributed by atoms with Crippen LogP contribution in [0.15, 0.2) is 60.7 Å². The SMILES string of the molecule is CN(C)C1(Cc2ccccc2)CCC(OCc2ccccc2)CC1.Cl. The molecular formula is C22H30ClNO. The summed E-state index contributed by atoms with van der Waals surface area (Å²) in [5.41, 5.74) is 2.98. The summed E-state index contributed by atoms with van der Waals surface area (Å²) in [5.74, 6) is 0. The van der Waals surface area contributed by atoms with Gasteiger partial charge < -0.3 is 9.64 Å². The predicted octanol–water partition coefficient (Wildman–Crippen LogP) is 5.11. The predicted molar refractivity (Wildman–Crippen MR) is 107 cm³/mol. The van der Waals surface area contributed by atoms with Gasteiger partial charge in [-0.2, -0.15) is 0 Å². The van der Waals surface area contributed by atoms with Crippen molar-refractivity contribution in [3.63, 3.8) is 0 Å². The fourth-order valence-electron chi connectivity index (χ4n) is 3.84. The molecule has 0 radical (unpaired) electrons. The van der Waals surface area contributed by atoms with E-state index in [-0.39, 0.29) is 17.9 Å². The molecule has 3 rings (SSSR count). The van der Waals surface area contributed by atoms with Crippen molar-refractivity contribution in [2.24, 2.45) is 0 Å². The number of hydrogen-bond donors (Lipinski definition) is 0. The Morgan fingerprint density at radius 3 is 1.92 bits per heavy atom. The molecule has 0 bridgehead atoms. The molecule has 2 aromatic carbocycles. The average molecular weight is 360 g/mol. The van der Waals surface area contributed by atoms with Gasteiger partial charge in [-0.25, -0.2) is 0 Å². The van der Waals surface area contributed by atoms with E-state index in [0.717, 1.165) is 25.9 Å². The summed E-state index contributed by atoms with van der Waals surface area (Å²) in [6.07, 6.45) is 6.24. The van der Waals surface area contributed by atoms with Crippen LogP contribution in [0.25, 0.3) is 0 Å². The van der Waals surface area contributed by atoms with Crippen LogP contribution in [0.2, 0.25) is 0 Å². The first kappa shape index (κ1) is 20.0. The number of hydrogen-bond acceptors (Lipinski definition) is 2. The molecule has 2 nitrogen and oxygen atoms in total. The van der Waals surface area contributed by atoms with Crippen molar-refractivity contribution in [1.82, 2.24) is 4.90 Å². The lowest BCUT2D eigenvalue weighted by Gasteiger charge is -2.45. The molecule has 0 atom stereocenters. The van der Waals surface area contributed by atoms with Crippen molar-refractivity contribution in [2.75, 3.05) is 14.1 Å². The van der Waals surface area contributed by atoms with Gasteiger partial charge in [0.2, 0.25) is 0 Å². The number of rotatable bonds is 6. The average Bonchev–Trinajstić information content (AvgIpc) is 2.63. The zero-order valence-electron chi connectivity index (χ0n) is 15.4. The normalized spacial score (nSPS) is 23.2. The topological polar surface area (TPSA) is 12.5 Å². The highest BCUT2D eigenvalue weighted by Crippen LogP contribution is 2.36. The molecule has 0 unspecified atom stereocenters. The van der Waals surface area contributed by atoms with Crippen LogP contribution in [0.5, 0.6) is 0 Å². The molecule has 2 aromatic rings. The van der Waals surface area contributed by atoms with Gasteiger partial charge in [-0.05, 0) is 57.3 Å². The van der Waals surface area contributed by atoms with E-state index in [1.54, 1.807) is 0 Å². The van der Waals surface area contributed by atoms with Gasteiger partial charge in [0.25, 0.3) is 0 Å². The van der Waals surface area contributed by atoms with Crippen LogP contribution in [-0.2, 0) is 17.8 Å². The van der Waals surface area contributed by atoms with E-state index in [4.69, 9.17) is 4.74 Å². The van der Waals surface area contributed by atoms with E-state index in [1.165, 1.54) is 24.0 Å². The summed E-state index contributed by atoms with van der Waals surface area (Å²) >= 11 is 0. The highest BCUT2D eigenvalue weighted by Gasteiger charge is 2.37. The highest BCUT2D eigenvalue weighted by atomic mass is 35.5. The smallest absolute Gasteiger partial charge is 0.0720 e. The summed E-state index contributed by atoms with van der Waals surface area (Å²) in [4.78, 5) is 2.44. The van der Waals surface area contributed by atoms with Crippen molar-refractivity contribution in [2.45, 2.75) is 50.4 Å². The lowest BCUT2D eigenvalue weighted by molar-refractivity contribution is -0.0230. The Bertz CT molecular complexity index is 606. The van der Waals surface area contributed by atoms with Crippen molar-refractivity contribution < 1.29 is 4.74 Å². The molecule has 1 saturated carbocycles. The van der Waals surface area contributed by atoms with Gasteiger partial charge in [0.1, 0.15) is 0 Å². The Morgan fingerprint density at radius 2 is 1.40 bits per heavy atom. The standard InChI is InChI=1S/C22H29NO.ClH/c1-23(2)22(17-19-9-5-3-6-10-19)15-13-21(14-16-22)24-18-20-11-7-4-8-12-20;/h3-12,21H,13-18H2,1-2H3;1H. The number of nitrogens with zero attached hydrogens (tertiary/aromatic N) is 1. The van der Waals surface area contributed by atoms with Crippen LogP contribution in [0.3, 0.4) is 0 Å². The van der Waals surface area contributed by atoms with Gasteiger partial charge in [0.05, 0.1) is 12.7 Å². The molecular weight excluding hydrogens is 330 g/mol. The molecule has 1 fully saturated rings. The highest BCUT2D eigenvalue weighted by molar-refractivity contribution is 5.85. The Hall–Kier alpha value is -1.35. The molecule has 0 heterocycles. The minimum absolute atomic E-state index is 0. The first-order valence-corrected chi connectivity index (χ1v) is 9.05. The maximum absolute atomic E-state index is 6.17. The zero-order chi connectivity index (χ0) is 16.8. The number of halogens is 1. The van der Waals surface area contributed by atoms with Crippen LogP contribution in [0.1, 0.15) is 36.8 Å². The lowest BCUT2D eigenvalue weighted by Crippen LogP contribution is -2.49. The Labute approximate surface area is 158 Å². The van der Waals surface area contributed by atoms with Crippen molar-refractivity contribution in [3.8, 4) is 0 Å². The van der Waals surface area contributed by atoms with Crippen LogP contribution in [-0.4, -0.2) is 30.6 Å². The van der Waals surface area contributed by atoms with Gasteiger partial charge in [-0.3, -0.25) is 0 Å². The van der Waals surface area contributed by atoms with Crippen LogP contribution >= 0.6 is 12.4 Å². The third kappa shape index (κ3) is 5.31. The monoisotopic (exact) mass is 359 g/mol. The number of ether oxygens (including phenoxy) is 1. The van der Waals surface area contributed by atoms with E-state index in [0.29, 0.717) is 6.10 Å². The molecule has 1 aliphatic carbocycles. The van der Waals surface area contributed by atoms with Crippen molar-refractivity contribution >= 4 is 12.4 Å².